The van der Waals surface area contributed by atoms with E-state index in [2.05, 4.69) is 159 Å². The fourth-order valence-corrected chi connectivity index (χ4v) is 18.9. The van der Waals surface area contributed by atoms with Gasteiger partial charge in [-0.25, -0.2) is 0 Å². The molecule has 0 amide bonds. The van der Waals surface area contributed by atoms with Gasteiger partial charge >= 0.3 is 0 Å². The van der Waals surface area contributed by atoms with E-state index in [0.717, 1.165) is 0 Å². The lowest BCUT2D eigenvalue weighted by atomic mass is 10.4. The van der Waals surface area contributed by atoms with E-state index in [4.69, 9.17) is 0 Å². The standard InChI is InChI=1S/C34H36P2SSi/c1-4-38(5-2,6-3)34-33(36(30-23-15-9-16-24-30)31-25-17-10-18-26-31)32(27-37-34)35(28-19-11-7-12-20-28)29-21-13-8-14-22-29/h7-27H,4-6H2,1-3H3. The van der Waals surface area contributed by atoms with Crippen molar-refractivity contribution in [3.63, 3.8) is 0 Å². The van der Waals surface area contributed by atoms with Crippen LogP contribution in [0.25, 0.3) is 0 Å². The average molecular weight is 567 g/mol. The van der Waals surface area contributed by atoms with Crippen LogP contribution in [0.4, 0.5) is 0 Å². The number of hydrogen-bond donors (Lipinski definition) is 0. The highest BCUT2D eigenvalue weighted by molar-refractivity contribution is 7.86. The van der Waals surface area contributed by atoms with Crippen LogP contribution < -0.4 is 36.3 Å². The first-order valence-corrected chi connectivity index (χ1v) is 19.8. The molecule has 4 aromatic carbocycles. The molecule has 0 aliphatic rings. The number of benzene rings is 4. The van der Waals surface area contributed by atoms with Crippen LogP contribution in [0.15, 0.2) is 127 Å². The summed E-state index contributed by atoms with van der Waals surface area (Å²) in [6.45, 7) is 7.35. The van der Waals surface area contributed by atoms with Crippen molar-refractivity contribution in [3.05, 3.63) is 127 Å². The largest absolute Gasteiger partial charge is 0.152 e. The maximum Gasteiger partial charge on any atom is 0.0996 e. The molecule has 0 saturated heterocycles. The summed E-state index contributed by atoms with van der Waals surface area (Å²) in [4.78, 5) is 0. The molecule has 0 N–H and O–H groups in total. The van der Waals surface area contributed by atoms with Crippen LogP contribution in [0, 0.1) is 0 Å². The third kappa shape index (κ3) is 5.38. The molecule has 0 radical (unpaired) electrons. The molecule has 0 aliphatic heterocycles. The van der Waals surface area contributed by atoms with Gasteiger partial charge in [0, 0.05) is 10.6 Å². The van der Waals surface area contributed by atoms with Gasteiger partial charge in [-0.05, 0) is 46.9 Å². The van der Waals surface area contributed by atoms with E-state index in [0.29, 0.717) is 0 Å². The third-order valence-corrected chi connectivity index (χ3v) is 21.2. The van der Waals surface area contributed by atoms with Crippen LogP contribution in [0.5, 0.6) is 0 Å². The van der Waals surface area contributed by atoms with Gasteiger partial charge in [0.05, 0.1) is 8.07 Å². The zero-order chi connectivity index (χ0) is 26.4. The van der Waals surface area contributed by atoms with Gasteiger partial charge in [0.1, 0.15) is 0 Å². The second-order valence-corrected chi connectivity index (χ2v) is 20.4. The molecule has 0 bridgehead atoms. The van der Waals surface area contributed by atoms with Gasteiger partial charge in [0.25, 0.3) is 0 Å². The third-order valence-electron chi connectivity index (χ3n) is 7.78. The Kier molecular flexibility index (Phi) is 9.08. The molecule has 0 aliphatic carbocycles. The van der Waals surface area contributed by atoms with Crippen LogP contribution in [0.2, 0.25) is 18.1 Å². The second kappa shape index (κ2) is 12.7. The Morgan fingerprint density at radius 3 is 1.18 bits per heavy atom. The molecule has 5 aromatic rings. The molecule has 0 fully saturated rings. The Morgan fingerprint density at radius 1 is 0.500 bits per heavy atom. The first-order valence-electron chi connectivity index (χ1n) is 13.6. The van der Waals surface area contributed by atoms with E-state index in [1.807, 2.05) is 0 Å². The molecular weight excluding hydrogens is 530 g/mol. The summed E-state index contributed by atoms with van der Waals surface area (Å²) in [6, 6.07) is 49.1. The Morgan fingerprint density at radius 2 is 0.842 bits per heavy atom. The molecule has 38 heavy (non-hydrogen) atoms. The zero-order valence-electron chi connectivity index (χ0n) is 22.5. The van der Waals surface area contributed by atoms with Gasteiger partial charge < -0.3 is 0 Å². The highest BCUT2D eigenvalue weighted by Crippen LogP contribution is 2.41. The quantitative estimate of drug-likeness (QED) is 0.126. The second-order valence-electron chi connectivity index (χ2n) is 9.65. The van der Waals surface area contributed by atoms with E-state index in [-0.39, 0.29) is 0 Å². The molecule has 1 aromatic heterocycles. The minimum atomic E-state index is -1.65. The molecule has 0 unspecified atom stereocenters. The Hall–Kier alpha value is -2.34. The molecule has 1 heterocycles. The molecule has 192 valence electrons. The van der Waals surface area contributed by atoms with Gasteiger partial charge in [-0.15, -0.1) is 0 Å². The van der Waals surface area contributed by atoms with Crippen molar-refractivity contribution in [2.45, 2.75) is 38.9 Å². The minimum absolute atomic E-state index is 0.672. The van der Waals surface area contributed by atoms with Crippen molar-refractivity contribution in [2.75, 3.05) is 0 Å². The van der Waals surface area contributed by atoms with Crippen molar-refractivity contribution >= 4 is 71.6 Å². The van der Waals surface area contributed by atoms with E-state index < -0.39 is 23.9 Å². The first kappa shape index (κ1) is 27.2. The maximum atomic E-state index is 2.57. The van der Waals surface area contributed by atoms with Crippen LogP contribution in [-0.4, -0.2) is 8.07 Å². The van der Waals surface area contributed by atoms with Crippen molar-refractivity contribution < 1.29 is 0 Å². The van der Waals surface area contributed by atoms with Gasteiger partial charge in [0.2, 0.25) is 0 Å². The highest BCUT2D eigenvalue weighted by Gasteiger charge is 2.38. The molecule has 4 heteroatoms. The summed E-state index contributed by atoms with van der Waals surface area (Å²) >= 11 is 2.09. The van der Waals surface area contributed by atoms with Crippen LogP contribution in [-0.2, 0) is 0 Å². The van der Waals surface area contributed by atoms with E-state index in [1.54, 1.807) is 15.1 Å². The van der Waals surface area contributed by atoms with Gasteiger partial charge in [-0.2, -0.15) is 11.3 Å². The number of thiophene rings is 1. The lowest BCUT2D eigenvalue weighted by molar-refractivity contribution is 1.20. The summed E-state index contributed by atoms with van der Waals surface area (Å²) in [7, 11) is -3.00. The lowest BCUT2D eigenvalue weighted by Gasteiger charge is -2.32. The van der Waals surface area contributed by atoms with E-state index >= 15 is 0 Å². The van der Waals surface area contributed by atoms with E-state index in [1.165, 1.54) is 39.4 Å². The van der Waals surface area contributed by atoms with Gasteiger partial charge in [-0.3, -0.25) is 0 Å². The van der Waals surface area contributed by atoms with Gasteiger partial charge in [0.15, 0.2) is 0 Å². The molecule has 0 spiro atoms. The van der Waals surface area contributed by atoms with Crippen molar-refractivity contribution in [1.29, 1.82) is 0 Å². The highest BCUT2D eigenvalue weighted by atomic mass is 32.1. The fraction of sp³-hybridized carbons (Fsp3) is 0.176. The summed E-state index contributed by atoms with van der Waals surface area (Å²) < 4.78 is 1.75. The Labute approximate surface area is 236 Å². The fourth-order valence-electron chi connectivity index (χ4n) is 5.47. The lowest BCUT2D eigenvalue weighted by Crippen LogP contribution is -2.53. The topological polar surface area (TPSA) is 0 Å². The zero-order valence-corrected chi connectivity index (χ0v) is 26.2. The van der Waals surface area contributed by atoms with Crippen LogP contribution in [0.1, 0.15) is 20.8 Å². The molecule has 5 rings (SSSR count). The smallest absolute Gasteiger partial charge is 0.0996 e. The Balaban J connectivity index is 1.86. The minimum Gasteiger partial charge on any atom is -0.152 e. The predicted octanol–water partition coefficient (Wildman–Crippen LogP) is 6.98. The van der Waals surface area contributed by atoms with Crippen molar-refractivity contribution in [3.8, 4) is 0 Å². The van der Waals surface area contributed by atoms with Crippen LogP contribution >= 0.6 is 27.2 Å². The summed E-state index contributed by atoms with van der Waals surface area (Å²) in [5, 5.41) is 11.6. The number of hydrogen-bond acceptors (Lipinski definition) is 1. The molecule has 0 nitrogen and oxygen atoms in total. The van der Waals surface area contributed by atoms with Crippen LogP contribution in [0.3, 0.4) is 0 Å². The molecular formula is C34H36P2SSi. The predicted molar refractivity (Wildman–Crippen MR) is 179 cm³/mol. The van der Waals surface area contributed by atoms with E-state index in [9.17, 15) is 0 Å². The van der Waals surface area contributed by atoms with Crippen molar-refractivity contribution in [2.24, 2.45) is 0 Å². The average Bonchev–Trinajstić information content (AvgIpc) is 3.41. The summed E-state index contributed by atoms with van der Waals surface area (Å²) in [6.07, 6.45) is 0. The monoisotopic (exact) mass is 566 g/mol. The SMILES string of the molecule is CC[Si](CC)(CC)c1scc(P(c2ccccc2)c2ccccc2)c1P(c1ccccc1)c1ccccc1. The van der Waals surface area contributed by atoms with Gasteiger partial charge in [-0.1, -0.05) is 160 Å². The normalized spacial score (nSPS) is 11.8. The van der Waals surface area contributed by atoms with Crippen molar-refractivity contribution in [1.82, 2.24) is 0 Å². The number of rotatable bonds is 10. The Bertz CT molecular complexity index is 1330. The molecule has 0 saturated carbocycles. The summed E-state index contributed by atoms with van der Waals surface area (Å²) in [5.74, 6) is 0. The maximum absolute atomic E-state index is 2.57. The first-order chi connectivity index (χ1) is 18.7. The molecule has 0 atom stereocenters. The summed E-state index contributed by atoms with van der Waals surface area (Å²) in [5.41, 5.74) is 0.